The van der Waals surface area contributed by atoms with Crippen LogP contribution in [-0.2, 0) is 6.18 Å². The first-order valence-corrected chi connectivity index (χ1v) is 13.8. The van der Waals surface area contributed by atoms with E-state index < -0.39 is 17.8 Å². The third kappa shape index (κ3) is 6.25. The standard InChI is InChI=1S/C31H30F3N9O/c1-20-25(26-13-14-36-43(26)24-11-9-21(18-35)10-12-24)19-42-28(27(20)22-7-5-8-23(17-22)31(32,33)34)37-29(39-42)38-30(44)41(4)16-6-15-40(2)3/h5,7-14,17,19H,6,15-16H2,1-4H3,(H,38,39,44). The molecule has 0 bridgehead atoms. The van der Waals surface area contributed by atoms with Gasteiger partial charge in [-0.1, -0.05) is 12.1 Å². The van der Waals surface area contributed by atoms with Crippen molar-refractivity contribution in [2.45, 2.75) is 19.5 Å². The lowest BCUT2D eigenvalue weighted by molar-refractivity contribution is -0.137. The Labute approximate surface area is 252 Å². The zero-order valence-corrected chi connectivity index (χ0v) is 24.6. The molecule has 2 amide bonds. The van der Waals surface area contributed by atoms with Gasteiger partial charge in [0.15, 0.2) is 5.65 Å². The average Bonchev–Trinajstić information content (AvgIpc) is 3.63. The first-order chi connectivity index (χ1) is 21.0. The average molecular weight is 602 g/mol. The molecule has 0 aliphatic heterocycles. The Morgan fingerprint density at radius 3 is 2.50 bits per heavy atom. The zero-order chi connectivity index (χ0) is 31.6. The fourth-order valence-corrected chi connectivity index (χ4v) is 4.92. The molecule has 226 valence electrons. The SMILES string of the molecule is Cc1c(-c2ccnn2-c2ccc(C#N)cc2)cn2nc(NC(=O)N(C)CCCN(C)C)nc2c1-c1cccc(C(F)(F)F)c1. The smallest absolute Gasteiger partial charge is 0.327 e. The number of pyridine rings is 1. The molecular formula is C31H30F3N9O. The molecule has 0 atom stereocenters. The zero-order valence-electron chi connectivity index (χ0n) is 24.6. The second-order valence-electron chi connectivity index (χ2n) is 10.6. The van der Waals surface area contributed by atoms with E-state index in [2.05, 4.69) is 26.6 Å². The number of carbonyl (C=O) groups is 1. The van der Waals surface area contributed by atoms with E-state index in [1.165, 1.54) is 15.5 Å². The van der Waals surface area contributed by atoms with Crippen LogP contribution in [0.5, 0.6) is 0 Å². The predicted octanol–water partition coefficient (Wildman–Crippen LogP) is 5.86. The molecular weight excluding hydrogens is 571 g/mol. The molecule has 0 fully saturated rings. The highest BCUT2D eigenvalue weighted by atomic mass is 19.4. The number of anilines is 1. The van der Waals surface area contributed by atoms with Crippen LogP contribution in [-0.4, -0.2) is 74.4 Å². The molecule has 44 heavy (non-hydrogen) atoms. The third-order valence-corrected chi connectivity index (χ3v) is 7.19. The Kier molecular flexibility index (Phi) is 8.37. The van der Waals surface area contributed by atoms with Gasteiger partial charge >= 0.3 is 12.2 Å². The Morgan fingerprint density at radius 1 is 1.07 bits per heavy atom. The summed E-state index contributed by atoms with van der Waals surface area (Å²) in [6.07, 6.45) is -0.455. The molecule has 3 aromatic heterocycles. The van der Waals surface area contributed by atoms with Crippen molar-refractivity contribution in [1.29, 1.82) is 5.26 Å². The number of hydrogen-bond acceptors (Lipinski definition) is 6. The Bertz CT molecular complexity index is 1850. The molecule has 5 rings (SSSR count). The molecule has 2 aromatic carbocycles. The molecule has 0 saturated carbocycles. The molecule has 3 heterocycles. The topological polar surface area (TPSA) is 107 Å². The van der Waals surface area contributed by atoms with Crippen LogP contribution in [0.3, 0.4) is 0 Å². The summed E-state index contributed by atoms with van der Waals surface area (Å²) in [5.74, 6) is 0.0137. The van der Waals surface area contributed by atoms with Gasteiger partial charge in [-0.25, -0.2) is 14.0 Å². The van der Waals surface area contributed by atoms with Gasteiger partial charge in [0, 0.05) is 30.9 Å². The number of urea groups is 1. The highest BCUT2D eigenvalue weighted by molar-refractivity contribution is 5.90. The number of benzene rings is 2. The van der Waals surface area contributed by atoms with Crippen molar-refractivity contribution < 1.29 is 18.0 Å². The minimum atomic E-state index is -4.55. The van der Waals surface area contributed by atoms with Gasteiger partial charge in [-0.15, -0.1) is 5.10 Å². The highest BCUT2D eigenvalue weighted by Crippen LogP contribution is 2.38. The molecule has 0 saturated heterocycles. The molecule has 1 N–H and O–H groups in total. The first kappa shape index (κ1) is 30.2. The van der Waals surface area contributed by atoms with Crippen LogP contribution in [0, 0.1) is 18.3 Å². The number of carbonyl (C=O) groups excluding carboxylic acids is 1. The Balaban J connectivity index is 1.62. The maximum Gasteiger partial charge on any atom is 0.416 e. The lowest BCUT2D eigenvalue weighted by Gasteiger charge is -2.18. The summed E-state index contributed by atoms with van der Waals surface area (Å²) in [6.45, 7) is 3.12. The fourth-order valence-electron chi connectivity index (χ4n) is 4.92. The molecule has 13 heteroatoms. The van der Waals surface area contributed by atoms with Gasteiger partial charge < -0.3 is 9.80 Å². The number of amides is 2. The predicted molar refractivity (Wildman–Crippen MR) is 160 cm³/mol. The summed E-state index contributed by atoms with van der Waals surface area (Å²) in [5.41, 5.74) is 3.29. The molecule has 5 aromatic rings. The van der Waals surface area contributed by atoms with Crippen molar-refractivity contribution in [3.8, 4) is 34.1 Å². The van der Waals surface area contributed by atoms with Crippen molar-refractivity contribution >= 4 is 17.6 Å². The summed E-state index contributed by atoms with van der Waals surface area (Å²) in [7, 11) is 5.58. The number of halogens is 3. The van der Waals surface area contributed by atoms with Gasteiger partial charge in [-0.05, 0) is 87.6 Å². The number of nitrogens with zero attached hydrogens (tertiary/aromatic N) is 8. The third-order valence-electron chi connectivity index (χ3n) is 7.19. The van der Waals surface area contributed by atoms with E-state index in [1.54, 1.807) is 67.4 Å². The Morgan fingerprint density at radius 2 is 1.82 bits per heavy atom. The van der Waals surface area contributed by atoms with E-state index in [0.717, 1.165) is 25.1 Å². The summed E-state index contributed by atoms with van der Waals surface area (Å²) in [6, 6.07) is 15.4. The molecule has 0 aliphatic carbocycles. The van der Waals surface area contributed by atoms with Crippen molar-refractivity contribution in [3.05, 3.63) is 83.7 Å². The number of alkyl halides is 3. The van der Waals surface area contributed by atoms with Crippen LogP contribution in [0.25, 0.3) is 33.7 Å². The molecule has 0 unspecified atom stereocenters. The van der Waals surface area contributed by atoms with Crippen molar-refractivity contribution in [3.63, 3.8) is 0 Å². The second kappa shape index (κ2) is 12.2. The van der Waals surface area contributed by atoms with Crippen molar-refractivity contribution in [2.75, 3.05) is 39.5 Å². The summed E-state index contributed by atoms with van der Waals surface area (Å²) >= 11 is 0. The van der Waals surface area contributed by atoms with Gasteiger partial charge in [0.05, 0.1) is 34.8 Å². The quantitative estimate of drug-likeness (QED) is 0.239. The van der Waals surface area contributed by atoms with Crippen LogP contribution in [0.15, 0.2) is 67.0 Å². The fraction of sp³-hybridized carbons (Fsp3) is 0.258. The van der Waals surface area contributed by atoms with E-state index in [1.807, 2.05) is 19.0 Å². The molecule has 10 nitrogen and oxygen atoms in total. The van der Waals surface area contributed by atoms with Crippen molar-refractivity contribution in [2.24, 2.45) is 0 Å². The number of hydrogen-bond donors (Lipinski definition) is 1. The van der Waals surface area contributed by atoms with Crippen LogP contribution < -0.4 is 5.32 Å². The van der Waals surface area contributed by atoms with E-state index in [0.29, 0.717) is 45.7 Å². The van der Waals surface area contributed by atoms with E-state index in [-0.39, 0.29) is 11.6 Å². The van der Waals surface area contributed by atoms with Crippen LogP contribution in [0.2, 0.25) is 0 Å². The maximum absolute atomic E-state index is 13.7. The lowest BCUT2D eigenvalue weighted by Crippen LogP contribution is -2.33. The number of fused-ring (bicyclic) bond motifs is 1. The second-order valence-corrected chi connectivity index (χ2v) is 10.6. The normalized spacial score (nSPS) is 11.6. The first-order valence-electron chi connectivity index (χ1n) is 13.8. The molecule has 0 spiro atoms. The van der Waals surface area contributed by atoms with Crippen molar-refractivity contribution in [1.82, 2.24) is 34.2 Å². The van der Waals surface area contributed by atoms with Crippen LogP contribution >= 0.6 is 0 Å². The molecule has 0 radical (unpaired) electrons. The van der Waals surface area contributed by atoms with Crippen LogP contribution in [0.1, 0.15) is 23.1 Å². The van der Waals surface area contributed by atoms with E-state index in [9.17, 15) is 23.2 Å². The monoisotopic (exact) mass is 601 g/mol. The summed E-state index contributed by atoms with van der Waals surface area (Å²) in [5, 5.41) is 20.9. The van der Waals surface area contributed by atoms with Gasteiger partial charge in [0.25, 0.3) is 5.95 Å². The molecule has 0 aliphatic rings. The number of nitriles is 1. The Hall–Kier alpha value is -5.22. The minimum absolute atomic E-state index is 0.0137. The van der Waals surface area contributed by atoms with Crippen LogP contribution in [0.4, 0.5) is 23.9 Å². The van der Waals surface area contributed by atoms with Gasteiger partial charge in [0.2, 0.25) is 0 Å². The summed E-state index contributed by atoms with van der Waals surface area (Å²) in [4.78, 5) is 21.0. The van der Waals surface area contributed by atoms with E-state index in [4.69, 9.17) is 0 Å². The number of rotatable bonds is 8. The maximum atomic E-state index is 13.7. The number of nitrogens with one attached hydrogen (secondary N) is 1. The lowest BCUT2D eigenvalue weighted by atomic mass is 9.95. The van der Waals surface area contributed by atoms with Gasteiger partial charge in [-0.2, -0.15) is 28.5 Å². The largest absolute Gasteiger partial charge is 0.416 e. The highest BCUT2D eigenvalue weighted by Gasteiger charge is 2.31. The van der Waals surface area contributed by atoms with Gasteiger partial charge in [-0.3, -0.25) is 5.32 Å². The minimum Gasteiger partial charge on any atom is -0.327 e. The summed E-state index contributed by atoms with van der Waals surface area (Å²) < 4.78 is 44.3. The van der Waals surface area contributed by atoms with E-state index >= 15 is 0 Å². The number of aromatic nitrogens is 5. The van der Waals surface area contributed by atoms with Gasteiger partial charge in [0.1, 0.15) is 0 Å².